The Morgan fingerprint density at radius 1 is 0.966 bits per heavy atom. The van der Waals surface area contributed by atoms with Crippen molar-refractivity contribution >= 4 is 17.7 Å². The standard InChI is InChI=1S/C20H21F2N3O4/c1-12(2)18(23-19(27)15-5-3-4-6-16(15)22)20(28)25-24-17(26)11-29-14-9-7-13(21)8-10-14/h3-10,12,18H,11H2,1-2H3,(H,23,27)(H,24,26)(H,25,28). The molecule has 29 heavy (non-hydrogen) atoms. The van der Waals surface area contributed by atoms with Crippen LogP contribution in [0.5, 0.6) is 5.75 Å². The van der Waals surface area contributed by atoms with Crippen LogP contribution in [0.4, 0.5) is 8.78 Å². The summed E-state index contributed by atoms with van der Waals surface area (Å²) in [6, 6.07) is 9.45. The van der Waals surface area contributed by atoms with Gasteiger partial charge in [-0.2, -0.15) is 0 Å². The highest BCUT2D eigenvalue weighted by molar-refractivity contribution is 5.98. The van der Waals surface area contributed by atoms with Crippen LogP contribution < -0.4 is 20.9 Å². The lowest BCUT2D eigenvalue weighted by molar-refractivity contribution is -0.131. The van der Waals surface area contributed by atoms with Crippen LogP contribution in [0.1, 0.15) is 24.2 Å². The molecule has 9 heteroatoms. The van der Waals surface area contributed by atoms with Crippen LogP contribution in [-0.4, -0.2) is 30.4 Å². The smallest absolute Gasteiger partial charge is 0.276 e. The summed E-state index contributed by atoms with van der Waals surface area (Å²) in [5, 5.41) is 2.45. The zero-order valence-corrected chi connectivity index (χ0v) is 15.9. The Morgan fingerprint density at radius 3 is 2.24 bits per heavy atom. The van der Waals surface area contributed by atoms with Crippen LogP contribution in [0.15, 0.2) is 48.5 Å². The van der Waals surface area contributed by atoms with E-state index in [0.29, 0.717) is 0 Å². The van der Waals surface area contributed by atoms with Gasteiger partial charge in [-0.1, -0.05) is 26.0 Å². The molecule has 0 fully saturated rings. The average Bonchev–Trinajstić information content (AvgIpc) is 2.69. The molecule has 0 heterocycles. The third-order valence-corrected chi connectivity index (χ3v) is 3.86. The van der Waals surface area contributed by atoms with E-state index in [-0.39, 0.29) is 17.2 Å². The predicted octanol–water partition coefficient (Wildman–Crippen LogP) is 1.95. The zero-order chi connectivity index (χ0) is 21.4. The van der Waals surface area contributed by atoms with Gasteiger partial charge in [0.1, 0.15) is 23.4 Å². The Morgan fingerprint density at radius 2 is 1.62 bits per heavy atom. The fourth-order valence-corrected chi connectivity index (χ4v) is 2.32. The Balaban J connectivity index is 1.87. The minimum Gasteiger partial charge on any atom is -0.484 e. The first-order valence-electron chi connectivity index (χ1n) is 8.80. The maximum Gasteiger partial charge on any atom is 0.276 e. The van der Waals surface area contributed by atoms with Gasteiger partial charge in [-0.3, -0.25) is 25.2 Å². The van der Waals surface area contributed by atoms with Gasteiger partial charge in [0.2, 0.25) is 0 Å². The molecular formula is C20H21F2N3O4. The summed E-state index contributed by atoms with van der Waals surface area (Å²) in [5.74, 6) is -3.29. The molecule has 0 aliphatic carbocycles. The van der Waals surface area contributed by atoms with Gasteiger partial charge in [-0.15, -0.1) is 0 Å². The van der Waals surface area contributed by atoms with Crippen molar-refractivity contribution in [1.29, 1.82) is 0 Å². The van der Waals surface area contributed by atoms with Crippen LogP contribution in [-0.2, 0) is 9.59 Å². The molecule has 0 aromatic heterocycles. The van der Waals surface area contributed by atoms with E-state index in [9.17, 15) is 23.2 Å². The minimum absolute atomic E-state index is 0.192. The van der Waals surface area contributed by atoms with Crippen LogP contribution in [0, 0.1) is 17.6 Å². The van der Waals surface area contributed by atoms with Crippen molar-refractivity contribution in [2.45, 2.75) is 19.9 Å². The fraction of sp³-hybridized carbons (Fsp3) is 0.250. The van der Waals surface area contributed by atoms with Crippen LogP contribution in [0.25, 0.3) is 0 Å². The maximum atomic E-state index is 13.7. The number of amides is 3. The summed E-state index contributed by atoms with van der Waals surface area (Å²) in [6.45, 7) is 2.95. The van der Waals surface area contributed by atoms with Gasteiger partial charge in [0, 0.05) is 0 Å². The SMILES string of the molecule is CC(C)C(NC(=O)c1ccccc1F)C(=O)NNC(=O)COc1ccc(F)cc1. The van der Waals surface area contributed by atoms with Crippen molar-refractivity contribution in [3.63, 3.8) is 0 Å². The highest BCUT2D eigenvalue weighted by atomic mass is 19.1. The first kappa shape index (κ1) is 21.8. The van der Waals surface area contributed by atoms with Crippen LogP contribution >= 0.6 is 0 Å². The van der Waals surface area contributed by atoms with Crippen molar-refractivity contribution in [1.82, 2.24) is 16.2 Å². The van der Waals surface area contributed by atoms with Gasteiger partial charge in [0.05, 0.1) is 5.56 Å². The number of benzene rings is 2. The maximum absolute atomic E-state index is 13.7. The molecule has 0 saturated heterocycles. The monoisotopic (exact) mass is 405 g/mol. The molecule has 0 aliphatic heterocycles. The van der Waals surface area contributed by atoms with Gasteiger partial charge in [-0.25, -0.2) is 8.78 Å². The van der Waals surface area contributed by atoms with Crippen LogP contribution in [0.3, 0.4) is 0 Å². The van der Waals surface area contributed by atoms with Crippen LogP contribution in [0.2, 0.25) is 0 Å². The molecule has 3 N–H and O–H groups in total. The molecule has 2 aromatic carbocycles. The van der Waals surface area contributed by atoms with E-state index in [0.717, 1.165) is 6.07 Å². The average molecular weight is 405 g/mol. The number of nitrogens with one attached hydrogen (secondary N) is 3. The van der Waals surface area contributed by atoms with Crippen molar-refractivity contribution in [3.8, 4) is 5.75 Å². The molecule has 0 saturated carbocycles. The summed E-state index contributed by atoms with van der Waals surface area (Å²) in [5.41, 5.74) is 4.16. The third kappa shape index (κ3) is 6.56. The lowest BCUT2D eigenvalue weighted by Crippen LogP contribution is -2.55. The molecule has 0 spiro atoms. The zero-order valence-electron chi connectivity index (χ0n) is 15.9. The Bertz CT molecular complexity index is 872. The van der Waals surface area contributed by atoms with E-state index < -0.39 is 42.0 Å². The van der Waals surface area contributed by atoms with E-state index >= 15 is 0 Å². The minimum atomic E-state index is -1.01. The van der Waals surface area contributed by atoms with E-state index in [1.54, 1.807) is 13.8 Å². The highest BCUT2D eigenvalue weighted by Gasteiger charge is 2.26. The molecule has 0 radical (unpaired) electrons. The molecular weight excluding hydrogens is 384 g/mol. The Kier molecular flexibility index (Phi) is 7.64. The van der Waals surface area contributed by atoms with Gasteiger partial charge >= 0.3 is 0 Å². The topological polar surface area (TPSA) is 96.5 Å². The van der Waals surface area contributed by atoms with Crippen molar-refractivity contribution in [3.05, 3.63) is 65.7 Å². The second-order valence-electron chi connectivity index (χ2n) is 6.46. The number of rotatable bonds is 7. The second kappa shape index (κ2) is 10.2. The normalized spacial score (nSPS) is 11.5. The summed E-state index contributed by atoms with van der Waals surface area (Å²) in [7, 11) is 0. The Hall–Kier alpha value is -3.49. The number of hydrogen-bond acceptors (Lipinski definition) is 4. The lowest BCUT2D eigenvalue weighted by Gasteiger charge is -2.22. The molecule has 154 valence electrons. The third-order valence-electron chi connectivity index (χ3n) is 3.86. The molecule has 2 aromatic rings. The number of halogens is 2. The number of hydrazine groups is 1. The van der Waals surface area contributed by atoms with Gasteiger partial charge < -0.3 is 10.1 Å². The van der Waals surface area contributed by atoms with E-state index in [2.05, 4.69) is 16.2 Å². The van der Waals surface area contributed by atoms with E-state index in [1.165, 1.54) is 42.5 Å². The van der Waals surface area contributed by atoms with Crippen molar-refractivity contribution in [2.75, 3.05) is 6.61 Å². The summed E-state index contributed by atoms with van der Waals surface area (Å²) < 4.78 is 31.7. The predicted molar refractivity (Wildman–Crippen MR) is 101 cm³/mol. The molecule has 1 unspecified atom stereocenters. The molecule has 0 aliphatic rings. The first-order chi connectivity index (χ1) is 13.8. The molecule has 1 atom stereocenters. The largest absolute Gasteiger partial charge is 0.484 e. The van der Waals surface area contributed by atoms with Gasteiger partial charge in [0.15, 0.2) is 6.61 Å². The molecule has 7 nitrogen and oxygen atoms in total. The van der Waals surface area contributed by atoms with Gasteiger partial charge in [-0.05, 0) is 42.3 Å². The van der Waals surface area contributed by atoms with E-state index in [1.807, 2.05) is 0 Å². The molecule has 3 amide bonds. The molecule has 0 bridgehead atoms. The summed E-state index contributed by atoms with van der Waals surface area (Å²) in [6.07, 6.45) is 0. The fourth-order valence-electron chi connectivity index (χ4n) is 2.32. The van der Waals surface area contributed by atoms with Crippen molar-refractivity contribution in [2.24, 2.45) is 5.92 Å². The second-order valence-corrected chi connectivity index (χ2v) is 6.46. The first-order valence-corrected chi connectivity index (χ1v) is 8.80. The summed E-state index contributed by atoms with van der Waals surface area (Å²) in [4.78, 5) is 36.4. The molecule has 2 rings (SSSR count). The number of carbonyl (C=O) groups excluding carboxylic acids is 3. The van der Waals surface area contributed by atoms with Gasteiger partial charge in [0.25, 0.3) is 17.7 Å². The summed E-state index contributed by atoms with van der Waals surface area (Å²) >= 11 is 0. The number of hydrogen-bond donors (Lipinski definition) is 3. The Labute approximate surface area is 166 Å². The van der Waals surface area contributed by atoms with Crippen molar-refractivity contribution < 1.29 is 27.9 Å². The number of carbonyl (C=O) groups is 3. The quantitative estimate of drug-likeness (QED) is 0.614. The number of ether oxygens (including phenoxy) is 1. The van der Waals surface area contributed by atoms with E-state index in [4.69, 9.17) is 4.74 Å². The lowest BCUT2D eigenvalue weighted by atomic mass is 10.0. The highest BCUT2D eigenvalue weighted by Crippen LogP contribution is 2.11.